The van der Waals surface area contributed by atoms with Crippen molar-refractivity contribution < 1.29 is 17.9 Å². The van der Waals surface area contributed by atoms with Crippen LogP contribution in [0.2, 0.25) is 0 Å². The Morgan fingerprint density at radius 3 is 2.47 bits per heavy atom. The molecule has 1 unspecified atom stereocenters. The molecule has 0 saturated heterocycles. The van der Waals surface area contributed by atoms with Crippen LogP contribution in [-0.2, 0) is 5.54 Å². The van der Waals surface area contributed by atoms with Crippen molar-refractivity contribution >= 4 is 0 Å². The van der Waals surface area contributed by atoms with Gasteiger partial charge in [-0.15, -0.1) is 0 Å². The van der Waals surface area contributed by atoms with Crippen molar-refractivity contribution in [2.45, 2.75) is 17.9 Å². The predicted molar refractivity (Wildman–Crippen MR) is 48.4 cm³/mol. The summed E-state index contributed by atoms with van der Waals surface area (Å²) in [7, 11) is 1.29. The van der Waals surface area contributed by atoms with E-state index >= 15 is 0 Å². The highest BCUT2D eigenvalue weighted by Crippen LogP contribution is 2.59. The molecule has 1 aliphatic rings. The largest absolute Gasteiger partial charge is 0.496 e. The van der Waals surface area contributed by atoms with E-state index in [1.165, 1.54) is 13.2 Å². The summed E-state index contributed by atoms with van der Waals surface area (Å²) in [5.74, 6) is -3.41. The second kappa shape index (κ2) is 2.88. The van der Waals surface area contributed by atoms with Gasteiger partial charge in [0.15, 0.2) is 0 Å². The van der Waals surface area contributed by atoms with E-state index in [1.54, 1.807) is 0 Å². The third-order valence-electron chi connectivity index (χ3n) is 2.67. The van der Waals surface area contributed by atoms with Gasteiger partial charge in [-0.1, -0.05) is 6.07 Å². The minimum atomic E-state index is -2.93. The molecule has 0 amide bonds. The van der Waals surface area contributed by atoms with Crippen molar-refractivity contribution in [2.24, 2.45) is 5.73 Å². The molecule has 1 aromatic rings. The number of ether oxygens (including phenoxy) is 1. The second-order valence-electron chi connectivity index (χ2n) is 3.70. The number of nitrogens with two attached hydrogens (primary N) is 1. The Labute approximate surface area is 84.8 Å². The first-order valence-corrected chi connectivity index (χ1v) is 4.41. The lowest BCUT2D eigenvalue weighted by Gasteiger charge is -2.14. The van der Waals surface area contributed by atoms with Crippen LogP contribution in [-0.4, -0.2) is 13.0 Å². The minimum absolute atomic E-state index is 0.0645. The molecule has 15 heavy (non-hydrogen) atoms. The van der Waals surface area contributed by atoms with Crippen LogP contribution in [0.1, 0.15) is 12.0 Å². The molecule has 0 aromatic heterocycles. The normalized spacial score (nSPS) is 27.5. The molecule has 1 fully saturated rings. The third-order valence-corrected chi connectivity index (χ3v) is 2.67. The van der Waals surface area contributed by atoms with Gasteiger partial charge in [0.05, 0.1) is 7.11 Å². The number of rotatable bonds is 2. The molecular formula is C10H10F3NO. The Morgan fingerprint density at radius 2 is 2.00 bits per heavy atom. The van der Waals surface area contributed by atoms with Crippen molar-refractivity contribution in [2.75, 3.05) is 7.11 Å². The Bertz CT molecular complexity index is 408. The summed E-state index contributed by atoms with van der Waals surface area (Å²) in [6.07, 6.45) is -0.429. The Balaban J connectivity index is 2.46. The van der Waals surface area contributed by atoms with E-state index in [2.05, 4.69) is 0 Å². The number of alkyl halides is 2. The van der Waals surface area contributed by atoms with Crippen LogP contribution in [0, 0.1) is 5.82 Å². The van der Waals surface area contributed by atoms with Crippen LogP contribution < -0.4 is 10.5 Å². The fourth-order valence-electron chi connectivity index (χ4n) is 1.63. The van der Waals surface area contributed by atoms with Gasteiger partial charge in [-0.2, -0.15) is 0 Å². The van der Waals surface area contributed by atoms with Crippen LogP contribution in [0.5, 0.6) is 5.75 Å². The summed E-state index contributed by atoms with van der Waals surface area (Å²) < 4.78 is 43.7. The number of hydrogen-bond donors (Lipinski definition) is 1. The van der Waals surface area contributed by atoms with Gasteiger partial charge in [0.25, 0.3) is 5.92 Å². The van der Waals surface area contributed by atoms with E-state index in [-0.39, 0.29) is 11.3 Å². The summed E-state index contributed by atoms with van der Waals surface area (Å²) in [5.41, 5.74) is 3.97. The minimum Gasteiger partial charge on any atom is -0.496 e. The fraction of sp³-hybridized carbons (Fsp3) is 0.400. The van der Waals surface area contributed by atoms with E-state index in [0.717, 1.165) is 12.1 Å². The lowest BCUT2D eigenvalue weighted by atomic mass is 10.0. The van der Waals surface area contributed by atoms with Gasteiger partial charge in [0.1, 0.15) is 17.1 Å². The molecule has 1 atom stereocenters. The van der Waals surface area contributed by atoms with Gasteiger partial charge in [-0.3, -0.25) is 0 Å². The predicted octanol–water partition coefficient (Wildman–Crippen LogP) is 2.03. The number of hydrogen-bond acceptors (Lipinski definition) is 2. The van der Waals surface area contributed by atoms with Crippen molar-refractivity contribution in [3.8, 4) is 5.75 Å². The molecule has 2 rings (SSSR count). The fourth-order valence-corrected chi connectivity index (χ4v) is 1.63. The van der Waals surface area contributed by atoms with Gasteiger partial charge >= 0.3 is 0 Å². The molecule has 0 bridgehead atoms. The topological polar surface area (TPSA) is 35.2 Å². The van der Waals surface area contributed by atoms with E-state index in [1.807, 2.05) is 0 Å². The molecule has 0 spiro atoms. The smallest absolute Gasteiger partial charge is 0.272 e. The van der Waals surface area contributed by atoms with Gasteiger partial charge in [0.2, 0.25) is 0 Å². The van der Waals surface area contributed by atoms with Crippen molar-refractivity contribution in [1.82, 2.24) is 0 Å². The van der Waals surface area contributed by atoms with Crippen molar-refractivity contribution in [1.29, 1.82) is 0 Å². The molecule has 1 aliphatic carbocycles. The molecular weight excluding hydrogens is 207 g/mol. The average Bonchev–Trinajstić information content (AvgIpc) is 2.66. The summed E-state index contributed by atoms with van der Waals surface area (Å²) in [5, 5.41) is 0. The first kappa shape index (κ1) is 10.3. The van der Waals surface area contributed by atoms with Crippen LogP contribution in [0.15, 0.2) is 18.2 Å². The zero-order valence-corrected chi connectivity index (χ0v) is 8.06. The molecule has 1 aromatic carbocycles. The highest BCUT2D eigenvalue weighted by atomic mass is 19.3. The summed E-state index contributed by atoms with van der Waals surface area (Å²) in [4.78, 5) is 0. The summed E-state index contributed by atoms with van der Waals surface area (Å²) >= 11 is 0. The van der Waals surface area contributed by atoms with Gasteiger partial charge < -0.3 is 10.5 Å². The maximum absolute atomic E-state index is 13.0. The summed E-state index contributed by atoms with van der Waals surface area (Å²) in [6, 6.07) is 3.40. The van der Waals surface area contributed by atoms with Crippen LogP contribution in [0.3, 0.4) is 0 Å². The number of benzene rings is 1. The molecule has 5 heteroatoms. The average molecular weight is 217 g/mol. The van der Waals surface area contributed by atoms with Crippen LogP contribution in [0.25, 0.3) is 0 Å². The first-order valence-electron chi connectivity index (χ1n) is 4.41. The van der Waals surface area contributed by atoms with E-state index in [4.69, 9.17) is 10.5 Å². The van der Waals surface area contributed by atoms with Crippen molar-refractivity contribution in [3.63, 3.8) is 0 Å². The molecule has 0 aliphatic heterocycles. The zero-order chi connectivity index (χ0) is 11.3. The molecule has 2 nitrogen and oxygen atoms in total. The molecule has 82 valence electrons. The summed E-state index contributed by atoms with van der Waals surface area (Å²) in [6.45, 7) is 0. The molecule has 2 N–H and O–H groups in total. The maximum atomic E-state index is 13.0. The molecule has 1 saturated carbocycles. The third kappa shape index (κ3) is 1.38. The second-order valence-corrected chi connectivity index (χ2v) is 3.70. The molecule has 0 radical (unpaired) electrons. The number of halogens is 3. The van der Waals surface area contributed by atoms with Crippen LogP contribution in [0.4, 0.5) is 13.2 Å². The van der Waals surface area contributed by atoms with Gasteiger partial charge in [-0.25, -0.2) is 13.2 Å². The monoisotopic (exact) mass is 217 g/mol. The Kier molecular flexibility index (Phi) is 1.98. The van der Waals surface area contributed by atoms with Crippen molar-refractivity contribution in [3.05, 3.63) is 29.6 Å². The van der Waals surface area contributed by atoms with Crippen LogP contribution >= 0.6 is 0 Å². The lowest BCUT2D eigenvalue weighted by molar-refractivity contribution is 0.0883. The van der Waals surface area contributed by atoms with E-state index in [0.29, 0.717) is 0 Å². The Morgan fingerprint density at radius 1 is 1.40 bits per heavy atom. The highest BCUT2D eigenvalue weighted by Gasteiger charge is 2.70. The maximum Gasteiger partial charge on any atom is 0.272 e. The standard InChI is InChI=1S/C10H10F3NO/c1-15-8-4-6(11)2-3-7(8)9(14)5-10(9,12)13/h2-4H,5,14H2,1H3. The zero-order valence-electron chi connectivity index (χ0n) is 8.06. The van der Waals surface area contributed by atoms with E-state index in [9.17, 15) is 13.2 Å². The quantitative estimate of drug-likeness (QED) is 0.822. The van der Waals surface area contributed by atoms with E-state index < -0.39 is 23.7 Å². The first-order chi connectivity index (χ1) is 6.90. The SMILES string of the molecule is COc1cc(F)ccc1C1(N)CC1(F)F. The number of methoxy groups -OCH3 is 1. The van der Waals surface area contributed by atoms with Gasteiger partial charge in [-0.05, 0) is 6.07 Å². The lowest BCUT2D eigenvalue weighted by Crippen LogP contribution is -2.27. The molecule has 0 heterocycles. The Hall–Kier alpha value is -1.23. The highest BCUT2D eigenvalue weighted by molar-refractivity contribution is 5.46. The van der Waals surface area contributed by atoms with Gasteiger partial charge in [0, 0.05) is 18.1 Å².